The van der Waals surface area contributed by atoms with Crippen LogP contribution in [-0.4, -0.2) is 73.0 Å². The van der Waals surface area contributed by atoms with E-state index < -0.39 is 0 Å². The Labute approximate surface area is 105 Å². The monoisotopic (exact) mass is 242 g/mol. The van der Waals surface area contributed by atoms with Gasteiger partial charge in [-0.25, -0.2) is 0 Å². The summed E-state index contributed by atoms with van der Waals surface area (Å²) in [5.41, 5.74) is 0. The molecule has 2 unspecified atom stereocenters. The Bertz CT molecular complexity index is 219. The molecule has 2 aliphatic heterocycles. The van der Waals surface area contributed by atoms with Crippen LogP contribution in [0.4, 0.5) is 0 Å². The highest BCUT2D eigenvalue weighted by molar-refractivity contribution is 4.77. The molecule has 100 valence electrons. The van der Waals surface area contributed by atoms with Crippen molar-refractivity contribution in [2.45, 2.75) is 38.3 Å². The second kappa shape index (κ2) is 6.69. The molecule has 2 rings (SSSR count). The van der Waals surface area contributed by atoms with E-state index in [4.69, 9.17) is 9.84 Å². The minimum absolute atomic E-state index is 0.0259. The minimum atomic E-state index is 0.0259. The van der Waals surface area contributed by atoms with E-state index in [1.807, 2.05) is 0 Å². The normalized spacial score (nSPS) is 32.1. The number of likely N-dealkylation sites (tertiary alicyclic amines) is 1. The molecule has 2 heterocycles. The van der Waals surface area contributed by atoms with E-state index in [2.05, 4.69) is 16.7 Å². The van der Waals surface area contributed by atoms with Crippen molar-refractivity contribution in [2.24, 2.45) is 0 Å². The molecule has 2 saturated heterocycles. The van der Waals surface area contributed by atoms with Gasteiger partial charge in [0.2, 0.25) is 0 Å². The Hall–Kier alpha value is -0.160. The third kappa shape index (κ3) is 3.91. The first-order valence-electron chi connectivity index (χ1n) is 6.98. The number of ether oxygens (including phenoxy) is 1. The first kappa shape index (κ1) is 13.3. The van der Waals surface area contributed by atoms with Gasteiger partial charge in [-0.3, -0.25) is 4.90 Å². The van der Waals surface area contributed by atoms with Crippen molar-refractivity contribution in [3.05, 3.63) is 0 Å². The van der Waals surface area contributed by atoms with Crippen molar-refractivity contribution in [2.75, 3.05) is 45.9 Å². The van der Waals surface area contributed by atoms with Crippen molar-refractivity contribution in [1.29, 1.82) is 0 Å². The van der Waals surface area contributed by atoms with Crippen LogP contribution in [0.3, 0.4) is 0 Å². The van der Waals surface area contributed by atoms with Gasteiger partial charge in [-0.2, -0.15) is 0 Å². The van der Waals surface area contributed by atoms with E-state index in [0.717, 1.165) is 19.7 Å². The highest BCUT2D eigenvalue weighted by Gasteiger charge is 2.25. The fourth-order valence-corrected chi connectivity index (χ4v) is 2.80. The molecule has 0 spiro atoms. The van der Waals surface area contributed by atoms with Crippen LogP contribution in [-0.2, 0) is 4.74 Å². The Morgan fingerprint density at radius 3 is 2.71 bits per heavy atom. The van der Waals surface area contributed by atoms with Crippen LogP contribution in [0.5, 0.6) is 0 Å². The first-order valence-corrected chi connectivity index (χ1v) is 6.98. The van der Waals surface area contributed by atoms with Gasteiger partial charge < -0.3 is 14.7 Å². The average Bonchev–Trinajstić information content (AvgIpc) is 2.84. The lowest BCUT2D eigenvalue weighted by Crippen LogP contribution is -2.50. The standard InChI is InChI=1S/C13H26N2O2/c1-12-11-17-13(10-16)9-15(12)8-4-7-14-5-2-3-6-14/h12-13,16H,2-11H2,1H3. The lowest BCUT2D eigenvalue weighted by atomic mass is 10.2. The van der Waals surface area contributed by atoms with Gasteiger partial charge in [0.15, 0.2) is 0 Å². The molecule has 1 N–H and O–H groups in total. The summed E-state index contributed by atoms with van der Waals surface area (Å²) in [7, 11) is 0. The predicted octanol–water partition coefficient (Wildman–Crippen LogP) is 0.554. The molecule has 0 aromatic rings. The zero-order valence-electron chi connectivity index (χ0n) is 11.0. The summed E-state index contributed by atoms with van der Waals surface area (Å²) < 4.78 is 5.55. The van der Waals surface area contributed by atoms with Crippen molar-refractivity contribution in [3.8, 4) is 0 Å². The predicted molar refractivity (Wildman–Crippen MR) is 68.2 cm³/mol. The van der Waals surface area contributed by atoms with Gasteiger partial charge in [0, 0.05) is 12.6 Å². The van der Waals surface area contributed by atoms with Crippen LogP contribution in [0.1, 0.15) is 26.2 Å². The van der Waals surface area contributed by atoms with E-state index in [9.17, 15) is 0 Å². The molecule has 17 heavy (non-hydrogen) atoms. The molecule has 2 fully saturated rings. The van der Waals surface area contributed by atoms with Gasteiger partial charge in [0.25, 0.3) is 0 Å². The van der Waals surface area contributed by atoms with Crippen LogP contribution >= 0.6 is 0 Å². The number of aliphatic hydroxyl groups excluding tert-OH is 1. The van der Waals surface area contributed by atoms with Gasteiger partial charge in [-0.15, -0.1) is 0 Å². The van der Waals surface area contributed by atoms with Crippen molar-refractivity contribution in [1.82, 2.24) is 9.80 Å². The van der Waals surface area contributed by atoms with Gasteiger partial charge in [-0.1, -0.05) is 0 Å². The van der Waals surface area contributed by atoms with Crippen LogP contribution in [0.15, 0.2) is 0 Å². The number of nitrogens with zero attached hydrogens (tertiary/aromatic N) is 2. The Kier molecular flexibility index (Phi) is 5.22. The van der Waals surface area contributed by atoms with Gasteiger partial charge >= 0.3 is 0 Å². The third-order valence-corrected chi connectivity index (χ3v) is 3.96. The van der Waals surface area contributed by atoms with Gasteiger partial charge in [0.1, 0.15) is 0 Å². The highest BCUT2D eigenvalue weighted by Crippen LogP contribution is 2.13. The maximum Gasteiger partial charge on any atom is 0.0933 e. The second-order valence-corrected chi connectivity index (χ2v) is 5.38. The van der Waals surface area contributed by atoms with E-state index in [1.54, 1.807) is 0 Å². The first-order chi connectivity index (χ1) is 8.29. The van der Waals surface area contributed by atoms with Crippen LogP contribution < -0.4 is 0 Å². The number of morpholine rings is 1. The summed E-state index contributed by atoms with van der Waals surface area (Å²) in [6.45, 7) is 8.95. The van der Waals surface area contributed by atoms with E-state index in [0.29, 0.717) is 6.04 Å². The molecule has 0 radical (unpaired) electrons. The summed E-state index contributed by atoms with van der Waals surface area (Å²) in [5, 5.41) is 9.13. The average molecular weight is 242 g/mol. The highest BCUT2D eigenvalue weighted by atomic mass is 16.5. The van der Waals surface area contributed by atoms with Gasteiger partial charge in [0.05, 0.1) is 19.3 Å². The number of aliphatic hydroxyl groups is 1. The number of rotatable bonds is 5. The Morgan fingerprint density at radius 2 is 2.00 bits per heavy atom. The Morgan fingerprint density at radius 1 is 1.24 bits per heavy atom. The second-order valence-electron chi connectivity index (χ2n) is 5.38. The summed E-state index contributed by atoms with van der Waals surface area (Å²) in [6.07, 6.45) is 4.02. The van der Waals surface area contributed by atoms with E-state index in [1.165, 1.54) is 38.9 Å². The molecule has 0 bridgehead atoms. The quantitative estimate of drug-likeness (QED) is 0.764. The van der Waals surface area contributed by atoms with Crippen LogP contribution in [0, 0.1) is 0 Å². The number of hydrogen-bond acceptors (Lipinski definition) is 4. The molecule has 0 amide bonds. The van der Waals surface area contributed by atoms with Gasteiger partial charge in [-0.05, 0) is 52.4 Å². The fourth-order valence-electron chi connectivity index (χ4n) is 2.80. The summed E-state index contributed by atoms with van der Waals surface area (Å²) >= 11 is 0. The Balaban J connectivity index is 1.65. The summed E-state index contributed by atoms with van der Waals surface area (Å²) in [6, 6.07) is 0.497. The van der Waals surface area contributed by atoms with Crippen LogP contribution in [0.2, 0.25) is 0 Å². The smallest absolute Gasteiger partial charge is 0.0933 e. The molecule has 4 nitrogen and oxygen atoms in total. The molecule has 0 saturated carbocycles. The molecular formula is C13H26N2O2. The lowest BCUT2D eigenvalue weighted by Gasteiger charge is -2.37. The van der Waals surface area contributed by atoms with E-state index in [-0.39, 0.29) is 12.7 Å². The SMILES string of the molecule is CC1COC(CO)CN1CCCN1CCCC1. The largest absolute Gasteiger partial charge is 0.394 e. The topological polar surface area (TPSA) is 35.9 Å². The van der Waals surface area contributed by atoms with E-state index >= 15 is 0 Å². The van der Waals surface area contributed by atoms with Crippen molar-refractivity contribution in [3.63, 3.8) is 0 Å². The molecule has 0 aromatic heterocycles. The maximum atomic E-state index is 9.13. The molecule has 0 aromatic carbocycles. The van der Waals surface area contributed by atoms with Crippen LogP contribution in [0.25, 0.3) is 0 Å². The zero-order valence-corrected chi connectivity index (χ0v) is 11.0. The molecule has 4 heteroatoms. The zero-order chi connectivity index (χ0) is 12.1. The molecule has 2 atom stereocenters. The maximum absolute atomic E-state index is 9.13. The molecule has 0 aliphatic carbocycles. The molecule has 2 aliphatic rings. The fraction of sp³-hybridized carbons (Fsp3) is 1.00. The van der Waals surface area contributed by atoms with Crippen molar-refractivity contribution < 1.29 is 9.84 Å². The number of hydrogen-bond donors (Lipinski definition) is 1. The third-order valence-electron chi connectivity index (χ3n) is 3.96. The lowest BCUT2D eigenvalue weighted by molar-refractivity contribution is -0.0781. The molecular weight excluding hydrogens is 216 g/mol. The summed E-state index contributed by atoms with van der Waals surface area (Å²) in [5.74, 6) is 0. The summed E-state index contributed by atoms with van der Waals surface area (Å²) in [4.78, 5) is 5.02. The van der Waals surface area contributed by atoms with Crippen molar-refractivity contribution >= 4 is 0 Å². The minimum Gasteiger partial charge on any atom is -0.394 e.